The molecule has 0 aliphatic rings. The molecule has 0 fully saturated rings. The number of ether oxygens (including phenoxy) is 3. The Labute approximate surface area is 150 Å². The van der Waals surface area contributed by atoms with E-state index in [0.29, 0.717) is 12.3 Å². The highest BCUT2D eigenvalue weighted by atomic mass is 16.6. The molecule has 0 saturated heterocycles. The number of nitrogens with zero attached hydrogens (tertiary/aromatic N) is 1. The molecular formula is C18H20N2O6. The van der Waals surface area contributed by atoms with Gasteiger partial charge in [0.15, 0.2) is 11.9 Å². The van der Waals surface area contributed by atoms with Crippen LogP contribution in [-0.4, -0.2) is 31.2 Å². The molecule has 0 saturated carbocycles. The fourth-order valence-corrected chi connectivity index (χ4v) is 2.19. The van der Waals surface area contributed by atoms with E-state index in [-0.39, 0.29) is 17.3 Å². The molecule has 1 N–H and O–H groups in total. The highest BCUT2D eigenvalue weighted by Crippen LogP contribution is 2.31. The van der Waals surface area contributed by atoms with Gasteiger partial charge in [-0.1, -0.05) is 12.1 Å². The second-order valence-corrected chi connectivity index (χ2v) is 5.42. The molecule has 0 aliphatic heterocycles. The van der Waals surface area contributed by atoms with Crippen LogP contribution < -0.4 is 19.5 Å². The standard InChI is InChI=1S/C18H20N2O6/c1-12(18(21)19-11-13-4-6-14(24-2)7-5-13)26-17-9-8-15(25-3)10-16(17)20(22)23/h4-10,12H,11H2,1-3H3,(H,19,21). The maximum Gasteiger partial charge on any atom is 0.314 e. The van der Waals surface area contributed by atoms with Gasteiger partial charge in [0, 0.05) is 6.54 Å². The molecule has 2 rings (SSSR count). The Balaban J connectivity index is 1.99. The first-order valence-corrected chi connectivity index (χ1v) is 7.84. The number of nitrogens with one attached hydrogen (secondary N) is 1. The lowest BCUT2D eigenvalue weighted by atomic mass is 10.2. The minimum Gasteiger partial charge on any atom is -0.497 e. The molecule has 1 unspecified atom stereocenters. The largest absolute Gasteiger partial charge is 0.497 e. The number of nitro benzene ring substituents is 1. The summed E-state index contributed by atoms with van der Waals surface area (Å²) in [4.78, 5) is 22.8. The summed E-state index contributed by atoms with van der Waals surface area (Å²) in [5.41, 5.74) is 0.626. The van der Waals surface area contributed by atoms with Crippen molar-refractivity contribution in [1.29, 1.82) is 0 Å². The van der Waals surface area contributed by atoms with Gasteiger partial charge in [-0.2, -0.15) is 0 Å². The Kier molecular flexibility index (Phi) is 6.37. The minimum absolute atomic E-state index is 0.00268. The van der Waals surface area contributed by atoms with Crippen LogP contribution in [0, 0.1) is 10.1 Å². The van der Waals surface area contributed by atoms with Gasteiger partial charge in [-0.05, 0) is 36.8 Å². The summed E-state index contributed by atoms with van der Waals surface area (Å²) in [6.07, 6.45) is -0.902. The number of benzene rings is 2. The Morgan fingerprint density at radius 3 is 2.31 bits per heavy atom. The van der Waals surface area contributed by atoms with E-state index in [1.165, 1.54) is 32.2 Å². The summed E-state index contributed by atoms with van der Waals surface area (Å²) >= 11 is 0. The predicted molar refractivity (Wildman–Crippen MR) is 94.6 cm³/mol. The van der Waals surface area contributed by atoms with E-state index in [0.717, 1.165) is 11.3 Å². The van der Waals surface area contributed by atoms with Crippen molar-refractivity contribution in [3.63, 3.8) is 0 Å². The third-order valence-electron chi connectivity index (χ3n) is 3.66. The van der Waals surface area contributed by atoms with Crippen LogP contribution in [0.5, 0.6) is 17.2 Å². The van der Waals surface area contributed by atoms with Crippen LogP contribution in [-0.2, 0) is 11.3 Å². The molecule has 8 heteroatoms. The summed E-state index contributed by atoms with van der Waals surface area (Å²) in [6, 6.07) is 11.4. The summed E-state index contributed by atoms with van der Waals surface area (Å²) in [5.74, 6) is 0.679. The van der Waals surface area contributed by atoms with Crippen LogP contribution in [0.3, 0.4) is 0 Å². The normalized spacial score (nSPS) is 11.3. The number of nitro groups is 1. The average molecular weight is 360 g/mol. The van der Waals surface area contributed by atoms with Crippen molar-refractivity contribution < 1.29 is 23.9 Å². The summed E-state index contributed by atoms with van der Waals surface area (Å²) < 4.78 is 15.5. The summed E-state index contributed by atoms with van der Waals surface area (Å²) in [7, 11) is 2.99. The van der Waals surface area contributed by atoms with Crippen molar-refractivity contribution in [3.8, 4) is 17.2 Å². The number of methoxy groups -OCH3 is 2. The van der Waals surface area contributed by atoms with Crippen molar-refractivity contribution in [2.24, 2.45) is 0 Å². The Bertz CT molecular complexity index is 776. The lowest BCUT2D eigenvalue weighted by Crippen LogP contribution is -2.36. The molecule has 0 heterocycles. The molecule has 1 atom stereocenters. The third-order valence-corrected chi connectivity index (χ3v) is 3.66. The Morgan fingerprint density at radius 1 is 1.12 bits per heavy atom. The second kappa shape index (κ2) is 8.70. The van der Waals surface area contributed by atoms with Gasteiger partial charge >= 0.3 is 5.69 Å². The Morgan fingerprint density at radius 2 is 1.73 bits per heavy atom. The lowest BCUT2D eigenvalue weighted by molar-refractivity contribution is -0.386. The van der Waals surface area contributed by atoms with Gasteiger partial charge < -0.3 is 19.5 Å². The minimum atomic E-state index is -0.902. The van der Waals surface area contributed by atoms with E-state index in [9.17, 15) is 14.9 Å². The number of rotatable bonds is 8. The van der Waals surface area contributed by atoms with E-state index in [4.69, 9.17) is 14.2 Å². The summed E-state index contributed by atoms with van der Waals surface area (Å²) in [6.45, 7) is 1.83. The highest BCUT2D eigenvalue weighted by Gasteiger charge is 2.22. The lowest BCUT2D eigenvalue weighted by Gasteiger charge is -2.15. The van der Waals surface area contributed by atoms with E-state index in [1.54, 1.807) is 19.2 Å². The highest BCUT2D eigenvalue weighted by molar-refractivity contribution is 5.80. The van der Waals surface area contributed by atoms with Gasteiger partial charge in [0.1, 0.15) is 11.5 Å². The van der Waals surface area contributed by atoms with Crippen molar-refractivity contribution in [2.45, 2.75) is 19.6 Å². The first-order chi connectivity index (χ1) is 12.4. The fourth-order valence-electron chi connectivity index (χ4n) is 2.19. The third kappa shape index (κ3) is 4.85. The van der Waals surface area contributed by atoms with Gasteiger partial charge in [-0.15, -0.1) is 0 Å². The van der Waals surface area contributed by atoms with E-state index >= 15 is 0 Å². The first kappa shape index (κ1) is 19.0. The van der Waals surface area contributed by atoms with Gasteiger partial charge in [0.25, 0.3) is 5.91 Å². The molecule has 138 valence electrons. The Hall–Kier alpha value is -3.29. The van der Waals surface area contributed by atoms with Crippen LogP contribution in [0.15, 0.2) is 42.5 Å². The number of hydrogen-bond donors (Lipinski definition) is 1. The second-order valence-electron chi connectivity index (χ2n) is 5.42. The average Bonchev–Trinajstić information content (AvgIpc) is 2.66. The molecule has 2 aromatic rings. The van der Waals surface area contributed by atoms with Gasteiger partial charge in [0.05, 0.1) is 25.2 Å². The molecule has 2 aromatic carbocycles. The van der Waals surface area contributed by atoms with E-state index in [1.807, 2.05) is 12.1 Å². The van der Waals surface area contributed by atoms with Crippen molar-refractivity contribution in [1.82, 2.24) is 5.32 Å². The molecular weight excluding hydrogens is 340 g/mol. The smallest absolute Gasteiger partial charge is 0.314 e. The number of carbonyl (C=O) groups is 1. The number of amides is 1. The molecule has 0 spiro atoms. The van der Waals surface area contributed by atoms with Crippen LogP contribution in [0.1, 0.15) is 12.5 Å². The van der Waals surface area contributed by atoms with Crippen LogP contribution >= 0.6 is 0 Å². The monoisotopic (exact) mass is 360 g/mol. The van der Waals surface area contributed by atoms with E-state index in [2.05, 4.69) is 5.32 Å². The quantitative estimate of drug-likeness (QED) is 0.574. The van der Waals surface area contributed by atoms with E-state index < -0.39 is 11.0 Å². The topological polar surface area (TPSA) is 99.9 Å². The zero-order chi connectivity index (χ0) is 19.1. The molecule has 0 aliphatic carbocycles. The van der Waals surface area contributed by atoms with Crippen molar-refractivity contribution in [2.75, 3.05) is 14.2 Å². The SMILES string of the molecule is COc1ccc(CNC(=O)C(C)Oc2ccc(OC)cc2[N+](=O)[O-])cc1. The maximum absolute atomic E-state index is 12.2. The van der Waals surface area contributed by atoms with Gasteiger partial charge in [0.2, 0.25) is 0 Å². The summed E-state index contributed by atoms with van der Waals surface area (Å²) in [5, 5.41) is 13.9. The molecule has 0 radical (unpaired) electrons. The zero-order valence-electron chi connectivity index (χ0n) is 14.7. The predicted octanol–water partition coefficient (Wildman–Crippen LogP) is 2.70. The molecule has 26 heavy (non-hydrogen) atoms. The van der Waals surface area contributed by atoms with Gasteiger partial charge in [-0.3, -0.25) is 14.9 Å². The fraction of sp³-hybridized carbons (Fsp3) is 0.278. The van der Waals surface area contributed by atoms with Crippen LogP contribution in [0.2, 0.25) is 0 Å². The first-order valence-electron chi connectivity index (χ1n) is 7.84. The van der Waals surface area contributed by atoms with Crippen molar-refractivity contribution >= 4 is 11.6 Å². The van der Waals surface area contributed by atoms with Crippen LogP contribution in [0.25, 0.3) is 0 Å². The molecule has 1 amide bonds. The number of hydrogen-bond acceptors (Lipinski definition) is 6. The molecule has 0 aromatic heterocycles. The van der Waals surface area contributed by atoms with Gasteiger partial charge in [-0.25, -0.2) is 0 Å². The van der Waals surface area contributed by atoms with Crippen molar-refractivity contribution in [3.05, 3.63) is 58.1 Å². The molecule has 0 bridgehead atoms. The zero-order valence-corrected chi connectivity index (χ0v) is 14.7. The number of carbonyl (C=O) groups excluding carboxylic acids is 1. The maximum atomic E-state index is 12.2. The van der Waals surface area contributed by atoms with Crippen LogP contribution in [0.4, 0.5) is 5.69 Å². The molecule has 8 nitrogen and oxygen atoms in total.